The van der Waals surface area contributed by atoms with Crippen molar-refractivity contribution in [2.75, 3.05) is 14.2 Å². The number of benzene rings is 2. The van der Waals surface area contributed by atoms with Gasteiger partial charge >= 0.3 is 0 Å². The molecule has 0 saturated carbocycles. The summed E-state index contributed by atoms with van der Waals surface area (Å²) in [6, 6.07) is 18.8. The van der Waals surface area contributed by atoms with Crippen molar-refractivity contribution >= 4 is 0 Å². The van der Waals surface area contributed by atoms with E-state index in [2.05, 4.69) is 4.98 Å². The van der Waals surface area contributed by atoms with E-state index in [-0.39, 0.29) is 5.69 Å². The Kier molecular flexibility index (Phi) is 6.32. The summed E-state index contributed by atoms with van der Waals surface area (Å²) in [5, 5.41) is 9.12. The molecule has 0 radical (unpaired) electrons. The van der Waals surface area contributed by atoms with Gasteiger partial charge in [-0.25, -0.2) is 4.98 Å². The van der Waals surface area contributed by atoms with Gasteiger partial charge in [-0.05, 0) is 35.4 Å². The highest BCUT2D eigenvalue weighted by Crippen LogP contribution is 2.29. The SMILES string of the molecule is COc1ccc(COc2cnc(C#N)cc2OCc2ccc(OC)cc2)cc1. The highest BCUT2D eigenvalue weighted by molar-refractivity contribution is 5.42. The predicted molar refractivity (Wildman–Crippen MR) is 104 cm³/mol. The molecule has 6 heteroatoms. The fourth-order valence-electron chi connectivity index (χ4n) is 2.47. The summed E-state index contributed by atoms with van der Waals surface area (Å²) in [5.74, 6) is 2.51. The average molecular weight is 376 g/mol. The van der Waals surface area contributed by atoms with Gasteiger partial charge in [0.05, 0.1) is 20.4 Å². The van der Waals surface area contributed by atoms with Gasteiger partial charge in [0.25, 0.3) is 0 Å². The molecule has 1 heterocycles. The largest absolute Gasteiger partial charge is 0.497 e. The fourth-order valence-corrected chi connectivity index (χ4v) is 2.47. The molecule has 0 aliphatic rings. The zero-order chi connectivity index (χ0) is 19.8. The summed E-state index contributed by atoms with van der Waals surface area (Å²) < 4.78 is 22.1. The van der Waals surface area contributed by atoms with Crippen molar-refractivity contribution in [3.63, 3.8) is 0 Å². The molecule has 0 aliphatic carbocycles. The van der Waals surface area contributed by atoms with Gasteiger partial charge in [-0.15, -0.1) is 0 Å². The van der Waals surface area contributed by atoms with Crippen LogP contribution in [0.4, 0.5) is 0 Å². The quantitative estimate of drug-likeness (QED) is 0.589. The van der Waals surface area contributed by atoms with Crippen LogP contribution in [-0.4, -0.2) is 19.2 Å². The topological polar surface area (TPSA) is 73.6 Å². The highest BCUT2D eigenvalue weighted by Gasteiger charge is 2.09. The standard InChI is InChI=1S/C22H20N2O4/c1-25-19-7-3-16(4-8-19)14-27-21-11-18(12-23)24-13-22(21)28-15-17-5-9-20(26-2)10-6-17/h3-11,13H,14-15H2,1-2H3. The number of hydrogen-bond acceptors (Lipinski definition) is 6. The molecular weight excluding hydrogens is 356 g/mol. The van der Waals surface area contributed by atoms with Crippen LogP contribution in [0.5, 0.6) is 23.0 Å². The van der Waals surface area contributed by atoms with E-state index >= 15 is 0 Å². The highest BCUT2D eigenvalue weighted by atomic mass is 16.5. The average Bonchev–Trinajstić information content (AvgIpc) is 2.77. The van der Waals surface area contributed by atoms with Gasteiger partial charge in [-0.3, -0.25) is 0 Å². The first-order chi connectivity index (χ1) is 13.7. The van der Waals surface area contributed by atoms with E-state index in [1.807, 2.05) is 54.6 Å². The second kappa shape index (κ2) is 9.28. The van der Waals surface area contributed by atoms with Crippen LogP contribution < -0.4 is 18.9 Å². The van der Waals surface area contributed by atoms with Gasteiger partial charge in [-0.1, -0.05) is 24.3 Å². The molecule has 0 amide bonds. The Labute approximate surface area is 163 Å². The maximum absolute atomic E-state index is 9.12. The van der Waals surface area contributed by atoms with Gasteiger partial charge in [-0.2, -0.15) is 5.26 Å². The smallest absolute Gasteiger partial charge is 0.180 e. The summed E-state index contributed by atoms with van der Waals surface area (Å²) in [5.41, 5.74) is 2.21. The number of rotatable bonds is 8. The maximum atomic E-state index is 9.12. The minimum Gasteiger partial charge on any atom is -0.497 e. The zero-order valence-corrected chi connectivity index (χ0v) is 15.7. The lowest BCUT2D eigenvalue weighted by atomic mass is 10.2. The number of hydrogen-bond donors (Lipinski definition) is 0. The molecule has 6 nitrogen and oxygen atoms in total. The van der Waals surface area contributed by atoms with Crippen molar-refractivity contribution in [2.24, 2.45) is 0 Å². The zero-order valence-electron chi connectivity index (χ0n) is 15.7. The van der Waals surface area contributed by atoms with Crippen LogP contribution in [0.25, 0.3) is 0 Å². The molecule has 0 aliphatic heterocycles. The van der Waals surface area contributed by atoms with Crippen molar-refractivity contribution in [1.82, 2.24) is 4.98 Å². The second-order valence-corrected chi connectivity index (χ2v) is 5.90. The molecule has 3 rings (SSSR count). The van der Waals surface area contributed by atoms with Crippen LogP contribution in [-0.2, 0) is 13.2 Å². The first-order valence-electron chi connectivity index (χ1n) is 8.63. The molecule has 142 valence electrons. The third kappa shape index (κ3) is 4.92. The van der Waals surface area contributed by atoms with E-state index in [1.165, 1.54) is 6.20 Å². The molecular formula is C22H20N2O4. The lowest BCUT2D eigenvalue weighted by Crippen LogP contribution is -2.02. The van der Waals surface area contributed by atoms with Crippen molar-refractivity contribution < 1.29 is 18.9 Å². The normalized spacial score (nSPS) is 10.0. The Bertz CT molecular complexity index is 948. The summed E-state index contributed by atoms with van der Waals surface area (Å²) in [6.07, 6.45) is 1.51. The van der Waals surface area contributed by atoms with Crippen LogP contribution in [0.3, 0.4) is 0 Å². The van der Waals surface area contributed by atoms with Gasteiger partial charge in [0.2, 0.25) is 0 Å². The summed E-state index contributed by atoms with van der Waals surface area (Å²) in [6.45, 7) is 0.675. The molecule has 28 heavy (non-hydrogen) atoms. The molecule has 0 fully saturated rings. The van der Waals surface area contributed by atoms with Crippen LogP contribution in [0, 0.1) is 11.3 Å². The van der Waals surface area contributed by atoms with E-state index in [0.717, 1.165) is 22.6 Å². The van der Waals surface area contributed by atoms with Crippen LogP contribution in [0.1, 0.15) is 16.8 Å². The van der Waals surface area contributed by atoms with Gasteiger partial charge in [0.1, 0.15) is 36.5 Å². The maximum Gasteiger partial charge on any atom is 0.180 e. The van der Waals surface area contributed by atoms with Gasteiger partial charge < -0.3 is 18.9 Å². The molecule has 0 atom stereocenters. The molecule has 0 spiro atoms. The fraction of sp³-hybridized carbons (Fsp3) is 0.182. The second-order valence-electron chi connectivity index (χ2n) is 5.90. The number of methoxy groups -OCH3 is 2. The van der Waals surface area contributed by atoms with E-state index in [0.29, 0.717) is 24.7 Å². The first kappa shape index (κ1) is 19.1. The van der Waals surface area contributed by atoms with Crippen LogP contribution in [0.15, 0.2) is 60.8 Å². The van der Waals surface area contributed by atoms with Gasteiger partial charge in [0, 0.05) is 6.07 Å². The third-order valence-corrected chi connectivity index (χ3v) is 4.05. The van der Waals surface area contributed by atoms with Crippen molar-refractivity contribution in [1.29, 1.82) is 5.26 Å². The molecule has 3 aromatic rings. The first-order valence-corrected chi connectivity index (χ1v) is 8.63. The van der Waals surface area contributed by atoms with Crippen LogP contribution in [0.2, 0.25) is 0 Å². The summed E-state index contributed by atoms with van der Waals surface area (Å²) in [7, 11) is 3.25. The Morgan fingerprint density at radius 1 is 0.786 bits per heavy atom. The van der Waals surface area contributed by atoms with E-state index in [1.54, 1.807) is 20.3 Å². The third-order valence-electron chi connectivity index (χ3n) is 4.05. The van der Waals surface area contributed by atoms with E-state index < -0.39 is 0 Å². The Hall–Kier alpha value is -3.72. The lowest BCUT2D eigenvalue weighted by molar-refractivity contribution is 0.254. The van der Waals surface area contributed by atoms with Gasteiger partial charge in [0.15, 0.2) is 11.5 Å². The Morgan fingerprint density at radius 2 is 1.29 bits per heavy atom. The molecule has 2 aromatic carbocycles. The molecule has 0 bridgehead atoms. The van der Waals surface area contributed by atoms with E-state index in [9.17, 15) is 0 Å². The van der Waals surface area contributed by atoms with Crippen molar-refractivity contribution in [3.05, 3.63) is 77.6 Å². The number of ether oxygens (including phenoxy) is 4. The number of nitriles is 1. The summed E-state index contributed by atoms with van der Waals surface area (Å²) in [4.78, 5) is 4.07. The predicted octanol–water partition coefficient (Wildman–Crippen LogP) is 4.13. The Balaban J connectivity index is 1.70. The number of pyridine rings is 1. The van der Waals surface area contributed by atoms with E-state index in [4.69, 9.17) is 24.2 Å². The summed E-state index contributed by atoms with van der Waals surface area (Å²) >= 11 is 0. The molecule has 0 N–H and O–H groups in total. The molecule has 0 unspecified atom stereocenters. The minimum absolute atomic E-state index is 0.265. The monoisotopic (exact) mass is 376 g/mol. The molecule has 1 aromatic heterocycles. The van der Waals surface area contributed by atoms with Crippen molar-refractivity contribution in [2.45, 2.75) is 13.2 Å². The van der Waals surface area contributed by atoms with Crippen molar-refractivity contribution in [3.8, 4) is 29.1 Å². The number of nitrogens with zero attached hydrogens (tertiary/aromatic N) is 2. The molecule has 0 saturated heterocycles. The van der Waals surface area contributed by atoms with Crippen LogP contribution >= 0.6 is 0 Å². The minimum atomic E-state index is 0.265. The lowest BCUT2D eigenvalue weighted by Gasteiger charge is -2.13. The number of aromatic nitrogens is 1. The Morgan fingerprint density at radius 3 is 1.75 bits per heavy atom.